The van der Waals surface area contributed by atoms with Crippen molar-refractivity contribution in [3.05, 3.63) is 53.6 Å². The zero-order valence-corrected chi connectivity index (χ0v) is 21.6. The van der Waals surface area contributed by atoms with Gasteiger partial charge in [0.2, 0.25) is 0 Å². The highest BCUT2D eigenvalue weighted by molar-refractivity contribution is 7.99. The highest BCUT2D eigenvalue weighted by atomic mass is 32.2. The summed E-state index contributed by atoms with van der Waals surface area (Å²) in [5.74, 6) is 3.29. The van der Waals surface area contributed by atoms with E-state index >= 15 is 0 Å². The number of benzene rings is 2. The molecule has 5 rings (SSSR count). The van der Waals surface area contributed by atoms with Crippen LogP contribution in [0.25, 0.3) is 0 Å². The summed E-state index contributed by atoms with van der Waals surface area (Å²) < 4.78 is 5.49. The minimum absolute atomic E-state index is 0.127. The first-order valence-corrected chi connectivity index (χ1v) is 14.4. The molecule has 5 heteroatoms. The summed E-state index contributed by atoms with van der Waals surface area (Å²) in [6, 6.07) is 15.3. The third kappa shape index (κ3) is 6.02. The van der Waals surface area contributed by atoms with E-state index in [1.807, 2.05) is 11.8 Å². The van der Waals surface area contributed by atoms with E-state index in [1.165, 1.54) is 71.6 Å². The highest BCUT2D eigenvalue weighted by Crippen LogP contribution is 2.51. The largest absolute Gasteiger partial charge is 0.394 e. The van der Waals surface area contributed by atoms with Crippen LogP contribution in [0.2, 0.25) is 0 Å². The van der Waals surface area contributed by atoms with Crippen LogP contribution < -0.4 is 5.73 Å². The van der Waals surface area contributed by atoms with Crippen molar-refractivity contribution in [3.63, 3.8) is 0 Å². The van der Waals surface area contributed by atoms with Gasteiger partial charge in [0.05, 0.1) is 18.9 Å². The molecular weight excluding hydrogens is 452 g/mol. The number of aliphatic hydroxyl groups excluding tert-OH is 1. The number of fused-ring (bicyclic) bond motifs is 4. The van der Waals surface area contributed by atoms with Crippen LogP contribution in [0, 0.1) is 23.7 Å². The van der Waals surface area contributed by atoms with Gasteiger partial charge in [-0.25, -0.2) is 0 Å². The average Bonchev–Trinajstić information content (AvgIpc) is 2.92. The van der Waals surface area contributed by atoms with Gasteiger partial charge in [-0.2, -0.15) is 0 Å². The average molecular weight is 493 g/mol. The van der Waals surface area contributed by atoms with Crippen LogP contribution in [0.4, 0.5) is 5.69 Å². The van der Waals surface area contributed by atoms with Crippen molar-refractivity contribution in [1.82, 2.24) is 0 Å². The van der Waals surface area contributed by atoms with Crippen molar-refractivity contribution < 1.29 is 9.84 Å². The number of hydrogen-bond donors (Lipinski definition) is 2. The molecule has 0 aromatic heterocycles. The van der Waals surface area contributed by atoms with Crippen molar-refractivity contribution in [2.24, 2.45) is 34.4 Å². The Labute approximate surface area is 214 Å². The second-order valence-corrected chi connectivity index (χ2v) is 11.7. The van der Waals surface area contributed by atoms with Gasteiger partial charge >= 0.3 is 0 Å². The van der Waals surface area contributed by atoms with Crippen molar-refractivity contribution in [2.75, 3.05) is 19.8 Å². The molecule has 4 atom stereocenters. The molecule has 2 aliphatic carbocycles. The van der Waals surface area contributed by atoms with Crippen LogP contribution in [0.15, 0.2) is 57.2 Å². The number of rotatable bonds is 9. The molecule has 0 saturated heterocycles. The molecule has 2 saturated carbocycles. The Hall–Kier alpha value is -1.66. The lowest BCUT2D eigenvalue weighted by atomic mass is 9.60. The zero-order valence-electron chi connectivity index (χ0n) is 20.8. The van der Waals surface area contributed by atoms with Gasteiger partial charge in [0, 0.05) is 34.2 Å². The zero-order chi connectivity index (χ0) is 24.0. The predicted molar refractivity (Wildman–Crippen MR) is 145 cm³/mol. The molecule has 0 spiro atoms. The Morgan fingerprint density at radius 1 is 1.00 bits per heavy atom. The fraction of sp³-hybridized carbons (Fsp3) is 0.567. The topological polar surface area (TPSA) is 67.8 Å². The lowest BCUT2D eigenvalue weighted by Gasteiger charge is -2.45. The first-order chi connectivity index (χ1) is 17.2. The minimum Gasteiger partial charge on any atom is -0.394 e. The maximum absolute atomic E-state index is 8.89. The van der Waals surface area contributed by atoms with E-state index in [1.54, 1.807) is 0 Å². The van der Waals surface area contributed by atoms with Gasteiger partial charge in [-0.15, -0.1) is 0 Å². The maximum atomic E-state index is 8.89. The normalized spacial score (nSPS) is 25.7. The minimum atomic E-state index is 0.127. The lowest BCUT2D eigenvalue weighted by Crippen LogP contribution is -2.38. The van der Waals surface area contributed by atoms with Crippen LogP contribution in [0.3, 0.4) is 0 Å². The summed E-state index contributed by atoms with van der Waals surface area (Å²) in [5.41, 5.74) is 10.9. The summed E-state index contributed by atoms with van der Waals surface area (Å²) in [6.07, 6.45) is 11.7. The SMILES string of the molecule is NCc1ccc2c(c1)Sc1ccccc1N=C2CC1C2CCCC(CCCOCCO)CCC1C2. The Balaban J connectivity index is 1.29. The summed E-state index contributed by atoms with van der Waals surface area (Å²) in [5, 5.41) is 8.89. The number of aliphatic imine (C=N–C) groups is 1. The quantitative estimate of drug-likeness (QED) is 0.380. The maximum Gasteiger partial charge on any atom is 0.0772 e. The summed E-state index contributed by atoms with van der Waals surface area (Å²) in [4.78, 5) is 7.82. The van der Waals surface area contributed by atoms with Crippen molar-refractivity contribution >= 4 is 23.2 Å². The molecule has 2 fully saturated rings. The Kier molecular flexibility index (Phi) is 8.61. The summed E-state index contributed by atoms with van der Waals surface area (Å²) in [7, 11) is 0. The molecule has 0 radical (unpaired) electrons. The molecular formula is C30H40N2O2S. The van der Waals surface area contributed by atoms with Crippen LogP contribution in [-0.4, -0.2) is 30.6 Å². The van der Waals surface area contributed by atoms with Crippen LogP contribution in [0.5, 0.6) is 0 Å². The fourth-order valence-electron chi connectivity index (χ4n) is 6.47. The number of hydrogen-bond acceptors (Lipinski definition) is 5. The summed E-state index contributed by atoms with van der Waals surface area (Å²) >= 11 is 1.84. The second kappa shape index (κ2) is 12.1. The molecule has 3 aliphatic rings. The molecule has 188 valence electrons. The first-order valence-electron chi connectivity index (χ1n) is 13.6. The van der Waals surface area contributed by atoms with Gasteiger partial charge in [-0.05, 0) is 79.5 Å². The molecule has 35 heavy (non-hydrogen) atoms. The summed E-state index contributed by atoms with van der Waals surface area (Å²) in [6.45, 7) is 1.96. The van der Waals surface area contributed by atoms with Gasteiger partial charge < -0.3 is 15.6 Å². The van der Waals surface area contributed by atoms with E-state index in [2.05, 4.69) is 42.5 Å². The number of nitrogens with two attached hydrogens (primary N) is 1. The molecule has 3 N–H and O–H groups in total. The standard InChI is InChI=1S/C30H40N2O2S/c31-20-22-11-13-25-28(32-27-8-1-2-9-29(27)35-30(25)17-22)19-26-23-7-3-5-21(10-12-24(26)18-23)6-4-15-34-16-14-33/h1-2,8-9,11,13,17,21,23-24,26,33H,3-7,10,12,14-16,18-20,31H2. The number of ether oxygens (including phenoxy) is 1. The van der Waals surface area contributed by atoms with E-state index in [-0.39, 0.29) is 6.61 Å². The van der Waals surface area contributed by atoms with Crippen LogP contribution >= 0.6 is 11.8 Å². The third-order valence-electron chi connectivity index (χ3n) is 8.45. The number of para-hydroxylation sites is 1. The van der Waals surface area contributed by atoms with E-state index in [0.29, 0.717) is 13.2 Å². The molecule has 1 aliphatic heterocycles. The highest BCUT2D eigenvalue weighted by Gasteiger charge is 2.42. The smallest absolute Gasteiger partial charge is 0.0772 e. The van der Waals surface area contributed by atoms with Crippen molar-refractivity contribution in [1.29, 1.82) is 0 Å². The number of aliphatic hydroxyl groups is 1. The molecule has 2 bridgehead atoms. The Morgan fingerprint density at radius 3 is 2.77 bits per heavy atom. The molecule has 0 amide bonds. The lowest BCUT2D eigenvalue weighted by molar-refractivity contribution is 0.0633. The predicted octanol–water partition coefficient (Wildman–Crippen LogP) is 6.74. The monoisotopic (exact) mass is 492 g/mol. The van der Waals surface area contributed by atoms with Crippen molar-refractivity contribution in [2.45, 2.75) is 74.1 Å². The third-order valence-corrected chi connectivity index (χ3v) is 9.57. The molecule has 4 unspecified atom stereocenters. The van der Waals surface area contributed by atoms with Crippen LogP contribution in [-0.2, 0) is 11.3 Å². The molecule has 1 heterocycles. The molecule has 4 nitrogen and oxygen atoms in total. The Morgan fingerprint density at radius 2 is 1.89 bits per heavy atom. The fourth-order valence-corrected chi connectivity index (χ4v) is 7.58. The van der Waals surface area contributed by atoms with Crippen LogP contribution in [0.1, 0.15) is 68.9 Å². The van der Waals surface area contributed by atoms with E-state index < -0.39 is 0 Å². The first kappa shape index (κ1) is 25.0. The van der Waals surface area contributed by atoms with Gasteiger partial charge in [0.15, 0.2) is 0 Å². The number of nitrogens with zero attached hydrogens (tertiary/aromatic N) is 1. The van der Waals surface area contributed by atoms with E-state index in [9.17, 15) is 0 Å². The van der Waals surface area contributed by atoms with Crippen molar-refractivity contribution in [3.8, 4) is 0 Å². The second-order valence-electron chi connectivity index (χ2n) is 10.6. The molecule has 2 aromatic carbocycles. The molecule has 2 aromatic rings. The van der Waals surface area contributed by atoms with Gasteiger partial charge in [0.1, 0.15) is 0 Å². The Bertz CT molecular complexity index is 1020. The van der Waals surface area contributed by atoms with Gasteiger partial charge in [-0.1, -0.05) is 61.7 Å². The van der Waals surface area contributed by atoms with Gasteiger partial charge in [-0.3, -0.25) is 4.99 Å². The van der Waals surface area contributed by atoms with Gasteiger partial charge in [0.25, 0.3) is 0 Å². The van der Waals surface area contributed by atoms with E-state index in [4.69, 9.17) is 20.6 Å². The van der Waals surface area contributed by atoms with E-state index in [0.717, 1.165) is 48.8 Å².